The average Bonchev–Trinajstić information content (AvgIpc) is 2.04. The molecule has 1 heterocycles. The third-order valence-corrected chi connectivity index (χ3v) is 3.18. The minimum absolute atomic E-state index is 0.949. The van der Waals surface area contributed by atoms with Gasteiger partial charge in [0.1, 0.15) is 0 Å². The number of hydrogen-bond acceptors (Lipinski definition) is 2. The first-order valence-electron chi connectivity index (χ1n) is 5.25. The molecule has 0 aromatic heterocycles. The fourth-order valence-corrected chi connectivity index (χ4v) is 1.97. The lowest BCUT2D eigenvalue weighted by Crippen LogP contribution is -2.37. The molecule has 2 nitrogen and oxygen atoms in total. The summed E-state index contributed by atoms with van der Waals surface area (Å²) < 4.78 is 5.31. The first-order valence-corrected chi connectivity index (χ1v) is 5.25. The zero-order valence-corrected chi connectivity index (χ0v) is 7.80. The standard InChI is InChI=1S/C10H19NO/c1-2-10(3-1)4-5-11-6-8-12-9-7-11/h10H,1-9H2. The van der Waals surface area contributed by atoms with Crippen LogP contribution in [0, 0.1) is 5.92 Å². The Labute approximate surface area is 74.9 Å². The molecule has 2 heteroatoms. The van der Waals surface area contributed by atoms with Crippen molar-refractivity contribution >= 4 is 0 Å². The van der Waals surface area contributed by atoms with Crippen molar-refractivity contribution in [3.63, 3.8) is 0 Å². The Hall–Kier alpha value is -0.0800. The van der Waals surface area contributed by atoms with Crippen LogP contribution in [0.2, 0.25) is 0 Å². The Balaban J connectivity index is 1.58. The smallest absolute Gasteiger partial charge is 0.0594 e. The molecule has 0 unspecified atom stereocenters. The molecular formula is C10H19NO. The fourth-order valence-electron chi connectivity index (χ4n) is 1.97. The molecule has 0 aromatic rings. The fraction of sp³-hybridized carbons (Fsp3) is 1.00. The van der Waals surface area contributed by atoms with E-state index in [0.717, 1.165) is 32.2 Å². The SMILES string of the molecule is C1CC(CCN2CCOCC2)C1. The normalized spacial score (nSPS) is 27.0. The summed E-state index contributed by atoms with van der Waals surface area (Å²) in [5.74, 6) is 1.06. The minimum Gasteiger partial charge on any atom is -0.379 e. The van der Waals surface area contributed by atoms with Gasteiger partial charge in [-0.05, 0) is 18.9 Å². The maximum Gasteiger partial charge on any atom is 0.0594 e. The second kappa shape index (κ2) is 4.24. The molecule has 0 aromatic carbocycles. The van der Waals surface area contributed by atoms with Gasteiger partial charge in [-0.3, -0.25) is 4.90 Å². The lowest BCUT2D eigenvalue weighted by Gasteiger charge is -2.31. The maximum absolute atomic E-state index is 5.31. The van der Waals surface area contributed by atoms with Gasteiger partial charge in [-0.25, -0.2) is 0 Å². The van der Waals surface area contributed by atoms with Gasteiger partial charge in [0.25, 0.3) is 0 Å². The van der Waals surface area contributed by atoms with Crippen LogP contribution in [-0.2, 0) is 4.74 Å². The largest absolute Gasteiger partial charge is 0.379 e. The predicted octanol–water partition coefficient (Wildman–Crippen LogP) is 1.51. The van der Waals surface area contributed by atoms with Crippen LogP contribution in [0.25, 0.3) is 0 Å². The zero-order valence-electron chi connectivity index (χ0n) is 7.80. The molecule has 1 saturated heterocycles. The lowest BCUT2D eigenvalue weighted by atomic mass is 9.83. The highest BCUT2D eigenvalue weighted by Gasteiger charge is 2.18. The second-order valence-electron chi connectivity index (χ2n) is 4.04. The van der Waals surface area contributed by atoms with Crippen LogP contribution < -0.4 is 0 Å². The van der Waals surface area contributed by atoms with Gasteiger partial charge >= 0.3 is 0 Å². The summed E-state index contributed by atoms with van der Waals surface area (Å²) in [6.07, 6.45) is 5.89. The number of rotatable bonds is 3. The van der Waals surface area contributed by atoms with Crippen LogP contribution >= 0.6 is 0 Å². The Morgan fingerprint density at radius 2 is 1.92 bits per heavy atom. The van der Waals surface area contributed by atoms with Gasteiger partial charge in [-0.2, -0.15) is 0 Å². The van der Waals surface area contributed by atoms with E-state index in [9.17, 15) is 0 Å². The first-order chi connectivity index (χ1) is 5.95. The Bertz CT molecular complexity index is 128. The molecule has 12 heavy (non-hydrogen) atoms. The van der Waals surface area contributed by atoms with Gasteiger partial charge in [0.15, 0.2) is 0 Å². The second-order valence-corrected chi connectivity index (χ2v) is 4.04. The molecule has 2 fully saturated rings. The number of ether oxygens (including phenoxy) is 1. The van der Waals surface area contributed by atoms with Gasteiger partial charge in [-0.1, -0.05) is 19.3 Å². The highest BCUT2D eigenvalue weighted by atomic mass is 16.5. The summed E-state index contributed by atoms with van der Waals surface area (Å²) in [5, 5.41) is 0. The third kappa shape index (κ3) is 2.20. The topological polar surface area (TPSA) is 12.5 Å². The molecule has 1 aliphatic heterocycles. The maximum atomic E-state index is 5.31. The van der Waals surface area contributed by atoms with Gasteiger partial charge in [0, 0.05) is 13.1 Å². The van der Waals surface area contributed by atoms with Crippen LogP contribution in [0.4, 0.5) is 0 Å². The molecule has 0 spiro atoms. The van der Waals surface area contributed by atoms with Crippen LogP contribution in [0.15, 0.2) is 0 Å². The zero-order chi connectivity index (χ0) is 8.23. The van der Waals surface area contributed by atoms with Crippen molar-refractivity contribution in [2.24, 2.45) is 5.92 Å². The van der Waals surface area contributed by atoms with Gasteiger partial charge < -0.3 is 4.74 Å². The molecule has 0 bridgehead atoms. The molecule has 0 radical (unpaired) electrons. The minimum atomic E-state index is 0.949. The molecule has 0 atom stereocenters. The third-order valence-electron chi connectivity index (χ3n) is 3.18. The Kier molecular flexibility index (Phi) is 3.01. The van der Waals surface area contributed by atoms with Crippen molar-refractivity contribution in [2.45, 2.75) is 25.7 Å². The van der Waals surface area contributed by atoms with Crippen LogP contribution in [0.5, 0.6) is 0 Å². The van der Waals surface area contributed by atoms with Gasteiger partial charge in [0.05, 0.1) is 13.2 Å². The van der Waals surface area contributed by atoms with E-state index in [1.165, 1.54) is 32.2 Å². The summed E-state index contributed by atoms with van der Waals surface area (Å²) in [6, 6.07) is 0. The van der Waals surface area contributed by atoms with E-state index >= 15 is 0 Å². The highest BCUT2D eigenvalue weighted by Crippen LogP contribution is 2.29. The van der Waals surface area contributed by atoms with Crippen molar-refractivity contribution < 1.29 is 4.74 Å². The van der Waals surface area contributed by atoms with E-state index in [0.29, 0.717) is 0 Å². The van der Waals surface area contributed by atoms with E-state index in [4.69, 9.17) is 4.74 Å². The van der Waals surface area contributed by atoms with E-state index in [-0.39, 0.29) is 0 Å². The van der Waals surface area contributed by atoms with E-state index in [2.05, 4.69) is 4.90 Å². The number of nitrogens with zero attached hydrogens (tertiary/aromatic N) is 1. The molecular weight excluding hydrogens is 150 g/mol. The van der Waals surface area contributed by atoms with Crippen LogP contribution in [0.3, 0.4) is 0 Å². The predicted molar refractivity (Wildman–Crippen MR) is 49.2 cm³/mol. The number of hydrogen-bond donors (Lipinski definition) is 0. The van der Waals surface area contributed by atoms with Crippen LogP contribution in [-0.4, -0.2) is 37.7 Å². The summed E-state index contributed by atoms with van der Waals surface area (Å²) in [4.78, 5) is 2.54. The highest BCUT2D eigenvalue weighted by molar-refractivity contribution is 4.72. The van der Waals surface area contributed by atoms with E-state index < -0.39 is 0 Å². The summed E-state index contributed by atoms with van der Waals surface area (Å²) in [7, 11) is 0. The quantitative estimate of drug-likeness (QED) is 0.635. The van der Waals surface area contributed by atoms with Crippen molar-refractivity contribution in [1.29, 1.82) is 0 Å². The first kappa shape index (κ1) is 8.52. The molecule has 70 valence electrons. The Morgan fingerprint density at radius 1 is 1.17 bits per heavy atom. The molecule has 2 aliphatic rings. The molecule has 0 N–H and O–H groups in total. The van der Waals surface area contributed by atoms with Crippen molar-refractivity contribution in [2.75, 3.05) is 32.8 Å². The molecule has 2 rings (SSSR count). The molecule has 1 saturated carbocycles. The Morgan fingerprint density at radius 3 is 2.50 bits per heavy atom. The molecule has 0 amide bonds. The van der Waals surface area contributed by atoms with Crippen molar-refractivity contribution in [1.82, 2.24) is 4.90 Å². The van der Waals surface area contributed by atoms with Crippen molar-refractivity contribution in [3.05, 3.63) is 0 Å². The summed E-state index contributed by atoms with van der Waals surface area (Å²) in [6.45, 7) is 5.53. The number of morpholine rings is 1. The summed E-state index contributed by atoms with van der Waals surface area (Å²) >= 11 is 0. The monoisotopic (exact) mass is 169 g/mol. The van der Waals surface area contributed by atoms with Gasteiger partial charge in [-0.15, -0.1) is 0 Å². The van der Waals surface area contributed by atoms with Gasteiger partial charge in [0.2, 0.25) is 0 Å². The van der Waals surface area contributed by atoms with E-state index in [1.807, 2.05) is 0 Å². The van der Waals surface area contributed by atoms with E-state index in [1.54, 1.807) is 0 Å². The lowest BCUT2D eigenvalue weighted by molar-refractivity contribution is 0.0335. The van der Waals surface area contributed by atoms with Crippen LogP contribution in [0.1, 0.15) is 25.7 Å². The summed E-state index contributed by atoms with van der Waals surface area (Å²) in [5.41, 5.74) is 0. The average molecular weight is 169 g/mol. The molecule has 1 aliphatic carbocycles. The van der Waals surface area contributed by atoms with Crippen molar-refractivity contribution in [3.8, 4) is 0 Å².